The van der Waals surface area contributed by atoms with Crippen molar-refractivity contribution in [2.45, 2.75) is 45.4 Å². The van der Waals surface area contributed by atoms with E-state index in [1.165, 1.54) is 30.4 Å². The highest BCUT2D eigenvalue weighted by Gasteiger charge is 2.20. The predicted octanol–water partition coefficient (Wildman–Crippen LogP) is 3.69. The van der Waals surface area contributed by atoms with E-state index >= 15 is 0 Å². The number of Topliss-reactive ketones (excluding diaryl/α,β-unsaturated/α-hetero) is 1. The Labute approximate surface area is 97.9 Å². The fourth-order valence-corrected chi connectivity index (χ4v) is 2.48. The second-order valence-corrected chi connectivity index (χ2v) is 4.96. The minimum atomic E-state index is 0.343. The summed E-state index contributed by atoms with van der Waals surface area (Å²) in [5.74, 6) is 0.790. The zero-order chi connectivity index (χ0) is 11.4. The first-order valence-corrected chi connectivity index (χ1v) is 6.34. The zero-order valence-electron chi connectivity index (χ0n) is 10.0. The molecule has 0 aromatic heterocycles. The van der Waals surface area contributed by atoms with Crippen molar-refractivity contribution in [3.05, 3.63) is 35.4 Å². The van der Waals surface area contributed by atoms with Crippen LogP contribution < -0.4 is 0 Å². The first-order valence-electron chi connectivity index (χ1n) is 6.34. The van der Waals surface area contributed by atoms with Crippen LogP contribution in [0.5, 0.6) is 0 Å². The van der Waals surface area contributed by atoms with Gasteiger partial charge in [0.05, 0.1) is 0 Å². The Morgan fingerprint density at radius 3 is 2.38 bits per heavy atom. The van der Waals surface area contributed by atoms with E-state index in [0.717, 1.165) is 12.8 Å². The number of ketones is 1. The number of benzene rings is 1. The molecule has 0 unspecified atom stereocenters. The van der Waals surface area contributed by atoms with E-state index in [2.05, 4.69) is 31.2 Å². The zero-order valence-corrected chi connectivity index (χ0v) is 10.0. The molecule has 16 heavy (non-hydrogen) atoms. The summed E-state index contributed by atoms with van der Waals surface area (Å²) in [6, 6.07) is 8.33. The monoisotopic (exact) mass is 216 g/mol. The quantitative estimate of drug-likeness (QED) is 0.753. The van der Waals surface area contributed by atoms with Crippen LogP contribution >= 0.6 is 0 Å². The van der Waals surface area contributed by atoms with Gasteiger partial charge in [0.1, 0.15) is 5.78 Å². The number of carbonyl (C=O) groups excluding carboxylic acids is 1. The number of hydrogen-bond donors (Lipinski definition) is 0. The largest absolute Gasteiger partial charge is 0.299 e. The highest BCUT2D eigenvalue weighted by atomic mass is 16.1. The van der Waals surface area contributed by atoms with Crippen molar-refractivity contribution >= 4 is 5.78 Å². The fraction of sp³-hybridized carbons (Fsp3) is 0.533. The molecule has 2 rings (SSSR count). The van der Waals surface area contributed by atoms with Gasteiger partial charge in [-0.25, -0.2) is 0 Å². The smallest absolute Gasteiger partial charge is 0.140 e. The molecule has 0 spiro atoms. The lowest BCUT2D eigenvalue weighted by Gasteiger charge is -2.20. The molecule has 1 heteroatoms. The lowest BCUT2D eigenvalue weighted by molar-refractivity contribution is -0.123. The summed E-state index contributed by atoms with van der Waals surface area (Å²) in [5, 5.41) is 0. The molecule has 0 bridgehead atoms. The Kier molecular flexibility index (Phi) is 3.76. The molecule has 1 saturated carbocycles. The highest BCUT2D eigenvalue weighted by Crippen LogP contribution is 2.25. The Balaban J connectivity index is 1.93. The molecule has 0 N–H and O–H groups in total. The Bertz CT molecular complexity index is 344. The van der Waals surface area contributed by atoms with Crippen LogP contribution in [0.4, 0.5) is 0 Å². The third-order valence-corrected chi connectivity index (χ3v) is 3.56. The molecule has 1 aromatic carbocycles. The van der Waals surface area contributed by atoms with E-state index in [9.17, 15) is 4.79 Å². The molecular formula is C15H20O. The van der Waals surface area contributed by atoms with Crippen LogP contribution in [0.1, 0.15) is 43.2 Å². The third kappa shape index (κ3) is 2.94. The Morgan fingerprint density at radius 1 is 1.12 bits per heavy atom. The van der Waals surface area contributed by atoms with E-state index in [4.69, 9.17) is 0 Å². The molecule has 0 atom stereocenters. The van der Waals surface area contributed by atoms with Gasteiger partial charge in [0.25, 0.3) is 0 Å². The van der Waals surface area contributed by atoms with Crippen LogP contribution in [0.3, 0.4) is 0 Å². The van der Waals surface area contributed by atoms with Crippen LogP contribution in [0.2, 0.25) is 0 Å². The SMILES string of the molecule is Cc1ccc(CC(=O)C2CCCCC2)cc1. The van der Waals surface area contributed by atoms with Crippen molar-refractivity contribution in [2.24, 2.45) is 5.92 Å². The maximum atomic E-state index is 12.1. The van der Waals surface area contributed by atoms with Gasteiger partial charge in [0, 0.05) is 12.3 Å². The number of hydrogen-bond acceptors (Lipinski definition) is 1. The molecule has 1 aromatic rings. The minimum Gasteiger partial charge on any atom is -0.299 e. The molecule has 0 amide bonds. The van der Waals surface area contributed by atoms with Gasteiger partial charge in [0.15, 0.2) is 0 Å². The van der Waals surface area contributed by atoms with Crippen LogP contribution in [0, 0.1) is 12.8 Å². The first kappa shape index (κ1) is 11.4. The maximum Gasteiger partial charge on any atom is 0.140 e. The molecule has 0 saturated heterocycles. The van der Waals surface area contributed by atoms with E-state index in [-0.39, 0.29) is 0 Å². The molecule has 0 radical (unpaired) electrons. The average Bonchev–Trinajstić information content (AvgIpc) is 2.33. The standard InChI is InChI=1S/C15H20O/c1-12-7-9-13(10-8-12)11-15(16)14-5-3-2-4-6-14/h7-10,14H,2-6,11H2,1H3. The summed E-state index contributed by atoms with van der Waals surface area (Å²) in [6.07, 6.45) is 6.66. The van der Waals surface area contributed by atoms with Crippen LogP contribution in [-0.4, -0.2) is 5.78 Å². The fourth-order valence-electron chi connectivity index (χ4n) is 2.48. The van der Waals surface area contributed by atoms with Crippen molar-refractivity contribution in [3.8, 4) is 0 Å². The normalized spacial score (nSPS) is 17.3. The summed E-state index contributed by atoms with van der Waals surface area (Å²) in [4.78, 5) is 12.1. The summed E-state index contributed by atoms with van der Waals surface area (Å²) in [6.45, 7) is 2.08. The molecule has 0 aliphatic heterocycles. The van der Waals surface area contributed by atoms with Crippen LogP contribution in [-0.2, 0) is 11.2 Å². The molecule has 1 aliphatic rings. The van der Waals surface area contributed by atoms with Crippen molar-refractivity contribution in [1.29, 1.82) is 0 Å². The molecular weight excluding hydrogens is 196 g/mol. The second-order valence-electron chi connectivity index (χ2n) is 4.96. The predicted molar refractivity (Wildman–Crippen MR) is 66.5 cm³/mol. The molecule has 1 fully saturated rings. The number of aryl methyl sites for hydroxylation is 1. The van der Waals surface area contributed by atoms with E-state index in [0.29, 0.717) is 18.1 Å². The lowest BCUT2D eigenvalue weighted by atomic mass is 9.84. The summed E-state index contributed by atoms with van der Waals surface area (Å²) >= 11 is 0. The summed E-state index contributed by atoms with van der Waals surface area (Å²) in [5.41, 5.74) is 2.43. The van der Waals surface area contributed by atoms with Gasteiger partial charge < -0.3 is 0 Å². The Morgan fingerprint density at radius 2 is 1.75 bits per heavy atom. The topological polar surface area (TPSA) is 17.1 Å². The van der Waals surface area contributed by atoms with Crippen molar-refractivity contribution in [1.82, 2.24) is 0 Å². The van der Waals surface area contributed by atoms with Gasteiger partial charge in [-0.15, -0.1) is 0 Å². The van der Waals surface area contributed by atoms with E-state index < -0.39 is 0 Å². The highest BCUT2D eigenvalue weighted by molar-refractivity contribution is 5.83. The first-order chi connectivity index (χ1) is 7.75. The summed E-state index contributed by atoms with van der Waals surface area (Å²) in [7, 11) is 0. The lowest BCUT2D eigenvalue weighted by Crippen LogP contribution is -2.19. The maximum absolute atomic E-state index is 12.1. The van der Waals surface area contributed by atoms with Gasteiger partial charge >= 0.3 is 0 Å². The van der Waals surface area contributed by atoms with Crippen LogP contribution in [0.25, 0.3) is 0 Å². The number of carbonyl (C=O) groups is 1. The van der Waals surface area contributed by atoms with Gasteiger partial charge in [0.2, 0.25) is 0 Å². The average molecular weight is 216 g/mol. The van der Waals surface area contributed by atoms with Gasteiger partial charge in [-0.3, -0.25) is 4.79 Å². The van der Waals surface area contributed by atoms with Gasteiger partial charge in [-0.1, -0.05) is 49.1 Å². The molecule has 1 aliphatic carbocycles. The van der Waals surface area contributed by atoms with E-state index in [1.54, 1.807) is 0 Å². The second kappa shape index (κ2) is 5.29. The molecule has 0 heterocycles. The minimum absolute atomic E-state index is 0.343. The van der Waals surface area contributed by atoms with Crippen molar-refractivity contribution < 1.29 is 4.79 Å². The van der Waals surface area contributed by atoms with Crippen LogP contribution in [0.15, 0.2) is 24.3 Å². The third-order valence-electron chi connectivity index (χ3n) is 3.56. The van der Waals surface area contributed by atoms with Crippen molar-refractivity contribution in [3.63, 3.8) is 0 Å². The molecule has 1 nitrogen and oxygen atoms in total. The molecule has 86 valence electrons. The van der Waals surface area contributed by atoms with Gasteiger partial charge in [-0.05, 0) is 25.3 Å². The van der Waals surface area contributed by atoms with Gasteiger partial charge in [-0.2, -0.15) is 0 Å². The number of rotatable bonds is 3. The Hall–Kier alpha value is -1.11. The summed E-state index contributed by atoms with van der Waals surface area (Å²) < 4.78 is 0. The van der Waals surface area contributed by atoms with Crippen molar-refractivity contribution in [2.75, 3.05) is 0 Å². The van der Waals surface area contributed by atoms with E-state index in [1.807, 2.05) is 0 Å².